The maximum absolute atomic E-state index is 8.11. The predicted octanol–water partition coefficient (Wildman–Crippen LogP) is 2.99. The number of hydrogen-bond acceptors (Lipinski definition) is 3. The van der Waals surface area contributed by atoms with Gasteiger partial charge in [0.1, 0.15) is 5.75 Å². The summed E-state index contributed by atoms with van der Waals surface area (Å²) in [5, 5.41) is 8.11. The molecule has 0 spiro atoms. The third kappa shape index (κ3) is 2.30. The molecule has 2 aromatic carbocycles. The maximum atomic E-state index is 8.11. The highest BCUT2D eigenvalue weighted by Gasteiger charge is 2.17. The minimum atomic E-state index is 0.402. The fourth-order valence-electron chi connectivity index (χ4n) is 2.38. The van der Waals surface area contributed by atoms with Gasteiger partial charge in [-0.25, -0.2) is 0 Å². The summed E-state index contributed by atoms with van der Waals surface area (Å²) in [6.07, 6.45) is 2.61. The average molecular weight is 264 g/mol. The zero-order chi connectivity index (χ0) is 13.9. The van der Waals surface area contributed by atoms with Crippen molar-refractivity contribution < 1.29 is 4.74 Å². The molecular formula is C17H16N2O. The lowest BCUT2D eigenvalue weighted by Gasteiger charge is -2.08. The van der Waals surface area contributed by atoms with E-state index in [9.17, 15) is 0 Å². The summed E-state index contributed by atoms with van der Waals surface area (Å²) < 4.78 is 5.65. The van der Waals surface area contributed by atoms with Crippen molar-refractivity contribution in [2.75, 3.05) is 6.61 Å². The lowest BCUT2D eigenvalue weighted by atomic mass is 10.0. The predicted molar refractivity (Wildman–Crippen MR) is 81.1 cm³/mol. The van der Waals surface area contributed by atoms with Crippen LogP contribution < -0.4 is 10.5 Å². The standard InChI is InChI=1S/C17H16N2O/c18-15(12-5-2-1-3-6-12)11-16(19)14-8-4-7-13-9-10-20-17(13)14/h1-8,11,18H,9-10,19H2/b16-11-,18-15?. The summed E-state index contributed by atoms with van der Waals surface area (Å²) in [7, 11) is 0. The first-order valence-electron chi connectivity index (χ1n) is 6.62. The highest BCUT2D eigenvalue weighted by Crippen LogP contribution is 2.32. The Morgan fingerprint density at radius 3 is 2.70 bits per heavy atom. The van der Waals surface area contributed by atoms with Crippen LogP contribution in [0.4, 0.5) is 0 Å². The second-order valence-corrected chi connectivity index (χ2v) is 4.77. The Morgan fingerprint density at radius 1 is 1.10 bits per heavy atom. The molecule has 0 fully saturated rings. The van der Waals surface area contributed by atoms with Crippen molar-refractivity contribution in [2.45, 2.75) is 6.42 Å². The summed E-state index contributed by atoms with van der Waals surface area (Å²) in [6.45, 7) is 0.704. The largest absolute Gasteiger partial charge is 0.492 e. The van der Waals surface area contributed by atoms with Crippen LogP contribution in [0.25, 0.3) is 5.70 Å². The summed E-state index contributed by atoms with van der Waals surface area (Å²) in [5.41, 5.74) is 10.0. The fourth-order valence-corrected chi connectivity index (χ4v) is 2.38. The number of ether oxygens (including phenoxy) is 1. The molecule has 0 aliphatic carbocycles. The van der Waals surface area contributed by atoms with Crippen molar-refractivity contribution in [1.29, 1.82) is 5.41 Å². The minimum absolute atomic E-state index is 0.402. The molecule has 0 atom stereocenters. The molecule has 100 valence electrons. The van der Waals surface area contributed by atoms with Crippen LogP contribution in [0.2, 0.25) is 0 Å². The molecule has 2 aromatic rings. The Balaban J connectivity index is 1.93. The van der Waals surface area contributed by atoms with Crippen LogP contribution >= 0.6 is 0 Å². The van der Waals surface area contributed by atoms with Crippen molar-refractivity contribution >= 4 is 11.4 Å². The number of nitrogens with one attached hydrogen (secondary N) is 1. The smallest absolute Gasteiger partial charge is 0.131 e. The zero-order valence-corrected chi connectivity index (χ0v) is 11.1. The van der Waals surface area contributed by atoms with Gasteiger partial charge in [0.25, 0.3) is 0 Å². The Labute approximate surface area is 118 Å². The van der Waals surface area contributed by atoms with Gasteiger partial charge < -0.3 is 15.9 Å². The third-order valence-corrected chi connectivity index (χ3v) is 3.41. The van der Waals surface area contributed by atoms with Gasteiger partial charge in [-0.1, -0.05) is 42.5 Å². The van der Waals surface area contributed by atoms with Crippen molar-refractivity contribution in [1.82, 2.24) is 0 Å². The first-order chi connectivity index (χ1) is 9.75. The molecule has 0 bridgehead atoms. The molecule has 1 heterocycles. The van der Waals surface area contributed by atoms with E-state index in [1.165, 1.54) is 5.56 Å². The normalized spacial score (nSPS) is 13.7. The number of allylic oxidation sites excluding steroid dienone is 1. The van der Waals surface area contributed by atoms with E-state index in [0.717, 1.165) is 23.3 Å². The van der Waals surface area contributed by atoms with Crippen LogP contribution in [-0.4, -0.2) is 12.3 Å². The number of fused-ring (bicyclic) bond motifs is 1. The van der Waals surface area contributed by atoms with E-state index in [0.29, 0.717) is 18.0 Å². The molecule has 0 saturated carbocycles. The van der Waals surface area contributed by atoms with E-state index >= 15 is 0 Å². The maximum Gasteiger partial charge on any atom is 0.131 e. The van der Waals surface area contributed by atoms with Gasteiger partial charge in [-0.2, -0.15) is 0 Å². The average Bonchev–Trinajstić information content (AvgIpc) is 2.96. The molecule has 1 aliphatic heterocycles. The van der Waals surface area contributed by atoms with Gasteiger partial charge in [-0.3, -0.25) is 0 Å². The molecule has 0 saturated heterocycles. The van der Waals surface area contributed by atoms with Crippen molar-refractivity contribution in [2.24, 2.45) is 5.73 Å². The number of para-hydroxylation sites is 1. The molecule has 0 unspecified atom stereocenters. The third-order valence-electron chi connectivity index (χ3n) is 3.41. The van der Waals surface area contributed by atoms with Gasteiger partial charge >= 0.3 is 0 Å². The Hall–Kier alpha value is -2.55. The highest BCUT2D eigenvalue weighted by molar-refractivity contribution is 6.10. The van der Waals surface area contributed by atoms with Crippen LogP contribution in [0.1, 0.15) is 16.7 Å². The van der Waals surface area contributed by atoms with E-state index in [2.05, 4.69) is 6.07 Å². The SMILES string of the molecule is N=C(/C=C(\N)c1cccc2c1OCC2)c1ccccc1. The van der Waals surface area contributed by atoms with Gasteiger partial charge in [0.2, 0.25) is 0 Å². The minimum Gasteiger partial charge on any atom is -0.492 e. The summed E-state index contributed by atoms with van der Waals surface area (Å²) in [4.78, 5) is 0. The first kappa shape index (κ1) is 12.5. The second kappa shape index (κ2) is 5.21. The van der Waals surface area contributed by atoms with Crippen LogP contribution in [-0.2, 0) is 6.42 Å². The highest BCUT2D eigenvalue weighted by atomic mass is 16.5. The van der Waals surface area contributed by atoms with Crippen molar-refractivity contribution in [3.63, 3.8) is 0 Å². The van der Waals surface area contributed by atoms with Gasteiger partial charge in [-0.05, 0) is 23.3 Å². The number of hydrogen-bond donors (Lipinski definition) is 2. The summed E-state index contributed by atoms with van der Waals surface area (Å²) >= 11 is 0. The zero-order valence-electron chi connectivity index (χ0n) is 11.1. The summed E-state index contributed by atoms with van der Waals surface area (Å²) in [5.74, 6) is 0.863. The van der Waals surface area contributed by atoms with Crippen molar-refractivity contribution in [3.05, 3.63) is 71.3 Å². The van der Waals surface area contributed by atoms with Crippen LogP contribution in [0.3, 0.4) is 0 Å². The Morgan fingerprint density at radius 2 is 1.90 bits per heavy atom. The van der Waals surface area contributed by atoms with Gasteiger partial charge in [0.05, 0.1) is 12.3 Å². The van der Waals surface area contributed by atoms with E-state index in [4.69, 9.17) is 15.9 Å². The second-order valence-electron chi connectivity index (χ2n) is 4.77. The lowest BCUT2D eigenvalue weighted by molar-refractivity contribution is 0.356. The lowest BCUT2D eigenvalue weighted by Crippen LogP contribution is -2.03. The van der Waals surface area contributed by atoms with Gasteiger partial charge in [0, 0.05) is 17.7 Å². The fraction of sp³-hybridized carbons (Fsp3) is 0.118. The summed E-state index contributed by atoms with van der Waals surface area (Å²) in [6, 6.07) is 15.5. The molecule has 0 amide bonds. The monoisotopic (exact) mass is 264 g/mol. The molecule has 3 N–H and O–H groups in total. The van der Waals surface area contributed by atoms with E-state index < -0.39 is 0 Å². The number of nitrogens with two attached hydrogens (primary N) is 1. The molecule has 1 aliphatic rings. The van der Waals surface area contributed by atoms with E-state index in [-0.39, 0.29) is 0 Å². The molecule has 3 rings (SSSR count). The quantitative estimate of drug-likeness (QED) is 0.837. The molecule has 3 heteroatoms. The molecule has 0 radical (unpaired) electrons. The molecular weight excluding hydrogens is 248 g/mol. The number of rotatable bonds is 3. The van der Waals surface area contributed by atoms with E-state index in [1.54, 1.807) is 6.08 Å². The number of benzene rings is 2. The van der Waals surface area contributed by atoms with Crippen LogP contribution in [0.15, 0.2) is 54.6 Å². The van der Waals surface area contributed by atoms with Gasteiger partial charge in [-0.15, -0.1) is 0 Å². The Bertz CT molecular complexity index is 675. The topological polar surface area (TPSA) is 59.1 Å². The molecule has 20 heavy (non-hydrogen) atoms. The molecule has 3 nitrogen and oxygen atoms in total. The first-order valence-corrected chi connectivity index (χ1v) is 6.62. The molecule has 0 aromatic heterocycles. The van der Waals surface area contributed by atoms with Crippen LogP contribution in [0, 0.1) is 5.41 Å². The Kier molecular flexibility index (Phi) is 3.25. The van der Waals surface area contributed by atoms with Crippen LogP contribution in [0.5, 0.6) is 5.75 Å². The van der Waals surface area contributed by atoms with E-state index in [1.807, 2.05) is 42.5 Å². The van der Waals surface area contributed by atoms with Gasteiger partial charge in [0.15, 0.2) is 0 Å². The van der Waals surface area contributed by atoms with Crippen molar-refractivity contribution in [3.8, 4) is 5.75 Å².